The highest BCUT2D eigenvalue weighted by Gasteiger charge is 2.14. The van der Waals surface area contributed by atoms with E-state index in [0.29, 0.717) is 12.2 Å². The van der Waals surface area contributed by atoms with Gasteiger partial charge >= 0.3 is 0 Å². The second-order valence-corrected chi connectivity index (χ2v) is 4.73. The zero-order chi connectivity index (χ0) is 14.5. The van der Waals surface area contributed by atoms with Gasteiger partial charge in [-0.15, -0.1) is 0 Å². The number of carbonyl (C=O) groups is 1. The van der Waals surface area contributed by atoms with Gasteiger partial charge in [-0.3, -0.25) is 9.48 Å². The standard InChI is InChI=1S/C15H20N4O/c1-3-12-9-14(19(2)18-12)15(20)17-10-13(16)11-7-5-4-6-8-11/h4-9,13H,3,10,16H2,1-2H3,(H,17,20). The van der Waals surface area contributed by atoms with E-state index in [9.17, 15) is 4.79 Å². The van der Waals surface area contributed by atoms with E-state index in [1.807, 2.05) is 43.3 Å². The van der Waals surface area contributed by atoms with E-state index in [-0.39, 0.29) is 11.9 Å². The third-order valence-electron chi connectivity index (χ3n) is 3.24. The van der Waals surface area contributed by atoms with Crippen LogP contribution in [0.1, 0.15) is 34.7 Å². The van der Waals surface area contributed by atoms with Crippen molar-refractivity contribution in [2.24, 2.45) is 12.8 Å². The van der Waals surface area contributed by atoms with Gasteiger partial charge in [-0.1, -0.05) is 37.3 Å². The van der Waals surface area contributed by atoms with Gasteiger partial charge in [0.05, 0.1) is 5.69 Å². The summed E-state index contributed by atoms with van der Waals surface area (Å²) in [6.45, 7) is 2.41. The molecular formula is C15H20N4O. The molecule has 2 aromatic rings. The normalized spacial score (nSPS) is 12.2. The zero-order valence-corrected chi connectivity index (χ0v) is 11.8. The van der Waals surface area contributed by atoms with Crippen molar-refractivity contribution >= 4 is 5.91 Å². The van der Waals surface area contributed by atoms with Crippen LogP contribution in [0, 0.1) is 0 Å². The lowest BCUT2D eigenvalue weighted by molar-refractivity contribution is 0.0942. The number of aryl methyl sites for hydroxylation is 2. The lowest BCUT2D eigenvalue weighted by Crippen LogP contribution is -2.32. The first-order valence-corrected chi connectivity index (χ1v) is 6.73. The third-order valence-corrected chi connectivity index (χ3v) is 3.24. The minimum absolute atomic E-state index is 0.147. The van der Waals surface area contributed by atoms with E-state index < -0.39 is 0 Å². The Hall–Kier alpha value is -2.14. The van der Waals surface area contributed by atoms with Crippen molar-refractivity contribution in [1.82, 2.24) is 15.1 Å². The fourth-order valence-electron chi connectivity index (χ4n) is 2.02. The molecule has 0 saturated carbocycles. The largest absolute Gasteiger partial charge is 0.349 e. The van der Waals surface area contributed by atoms with Crippen molar-refractivity contribution in [3.63, 3.8) is 0 Å². The Morgan fingerprint density at radius 1 is 1.40 bits per heavy atom. The fraction of sp³-hybridized carbons (Fsp3) is 0.333. The minimum Gasteiger partial charge on any atom is -0.349 e. The SMILES string of the molecule is CCc1cc(C(=O)NCC(N)c2ccccc2)n(C)n1. The van der Waals surface area contributed by atoms with E-state index in [1.165, 1.54) is 0 Å². The van der Waals surface area contributed by atoms with Crippen LogP contribution < -0.4 is 11.1 Å². The Balaban J connectivity index is 1.96. The summed E-state index contributed by atoms with van der Waals surface area (Å²) in [5.74, 6) is -0.147. The Kier molecular flexibility index (Phi) is 4.53. The molecule has 5 heteroatoms. The average molecular weight is 272 g/mol. The molecule has 0 aliphatic carbocycles. The second-order valence-electron chi connectivity index (χ2n) is 4.73. The molecule has 1 heterocycles. The van der Waals surface area contributed by atoms with E-state index in [4.69, 9.17) is 5.73 Å². The lowest BCUT2D eigenvalue weighted by Gasteiger charge is -2.13. The molecule has 5 nitrogen and oxygen atoms in total. The van der Waals surface area contributed by atoms with E-state index in [2.05, 4.69) is 10.4 Å². The average Bonchev–Trinajstić information content (AvgIpc) is 2.86. The maximum atomic E-state index is 12.1. The van der Waals surface area contributed by atoms with Crippen LogP contribution in [0.2, 0.25) is 0 Å². The van der Waals surface area contributed by atoms with Crippen LogP contribution in [0.3, 0.4) is 0 Å². The lowest BCUT2D eigenvalue weighted by atomic mass is 10.1. The molecule has 0 spiro atoms. The van der Waals surface area contributed by atoms with Crippen LogP contribution in [-0.4, -0.2) is 22.2 Å². The number of nitrogens with two attached hydrogens (primary N) is 1. The summed E-state index contributed by atoms with van der Waals surface area (Å²) < 4.78 is 1.60. The number of amides is 1. The van der Waals surface area contributed by atoms with Gasteiger partial charge in [-0.2, -0.15) is 5.10 Å². The number of nitrogens with zero attached hydrogens (tertiary/aromatic N) is 2. The summed E-state index contributed by atoms with van der Waals surface area (Å²) in [5.41, 5.74) is 8.53. The van der Waals surface area contributed by atoms with Crippen LogP contribution >= 0.6 is 0 Å². The molecule has 0 aliphatic heterocycles. The molecule has 1 aromatic carbocycles. The number of aromatic nitrogens is 2. The molecule has 2 rings (SSSR count). The van der Waals surface area contributed by atoms with Crippen LogP contribution in [0.25, 0.3) is 0 Å². The Labute approximate surface area is 118 Å². The second kappa shape index (κ2) is 6.34. The predicted octanol–water partition coefficient (Wildman–Crippen LogP) is 1.41. The first kappa shape index (κ1) is 14.3. The topological polar surface area (TPSA) is 72.9 Å². The molecule has 0 aliphatic rings. The van der Waals surface area contributed by atoms with Gasteiger partial charge in [-0.25, -0.2) is 0 Å². The molecule has 1 unspecified atom stereocenters. The van der Waals surface area contributed by atoms with E-state index in [1.54, 1.807) is 11.7 Å². The van der Waals surface area contributed by atoms with Crippen molar-refractivity contribution < 1.29 is 4.79 Å². The van der Waals surface area contributed by atoms with Crippen molar-refractivity contribution in [2.45, 2.75) is 19.4 Å². The quantitative estimate of drug-likeness (QED) is 0.864. The van der Waals surface area contributed by atoms with Crippen LogP contribution in [-0.2, 0) is 13.5 Å². The van der Waals surface area contributed by atoms with Crippen molar-refractivity contribution in [2.75, 3.05) is 6.54 Å². The monoisotopic (exact) mass is 272 g/mol. The van der Waals surface area contributed by atoms with Gasteiger partial charge in [0.1, 0.15) is 5.69 Å². The van der Waals surface area contributed by atoms with Gasteiger partial charge in [-0.05, 0) is 18.1 Å². The van der Waals surface area contributed by atoms with Crippen LogP contribution in [0.4, 0.5) is 0 Å². The van der Waals surface area contributed by atoms with Gasteiger partial charge in [0.15, 0.2) is 0 Å². The van der Waals surface area contributed by atoms with E-state index in [0.717, 1.165) is 17.7 Å². The molecule has 0 radical (unpaired) electrons. The van der Waals surface area contributed by atoms with Crippen LogP contribution in [0.15, 0.2) is 36.4 Å². The number of carbonyl (C=O) groups excluding carboxylic acids is 1. The Bertz CT molecular complexity index is 577. The minimum atomic E-state index is -0.209. The first-order valence-electron chi connectivity index (χ1n) is 6.73. The highest BCUT2D eigenvalue weighted by molar-refractivity contribution is 5.92. The Morgan fingerprint density at radius 3 is 2.70 bits per heavy atom. The molecule has 1 amide bonds. The van der Waals surface area contributed by atoms with Crippen molar-refractivity contribution in [3.8, 4) is 0 Å². The summed E-state index contributed by atoms with van der Waals surface area (Å²) in [6, 6.07) is 11.3. The van der Waals surface area contributed by atoms with Crippen molar-refractivity contribution in [1.29, 1.82) is 0 Å². The summed E-state index contributed by atoms with van der Waals surface area (Å²) in [6.07, 6.45) is 0.810. The summed E-state index contributed by atoms with van der Waals surface area (Å²) in [5, 5.41) is 7.11. The summed E-state index contributed by atoms with van der Waals surface area (Å²) >= 11 is 0. The molecule has 20 heavy (non-hydrogen) atoms. The molecule has 1 atom stereocenters. The molecule has 1 aromatic heterocycles. The predicted molar refractivity (Wildman–Crippen MR) is 78.3 cm³/mol. The molecule has 0 saturated heterocycles. The Morgan fingerprint density at radius 2 is 2.10 bits per heavy atom. The molecule has 3 N–H and O–H groups in total. The molecular weight excluding hydrogens is 252 g/mol. The maximum Gasteiger partial charge on any atom is 0.269 e. The number of nitrogens with one attached hydrogen (secondary N) is 1. The molecule has 106 valence electrons. The van der Waals surface area contributed by atoms with Crippen molar-refractivity contribution in [3.05, 3.63) is 53.3 Å². The molecule has 0 fully saturated rings. The fourth-order valence-corrected chi connectivity index (χ4v) is 2.02. The van der Waals surface area contributed by atoms with Gasteiger partial charge in [0, 0.05) is 19.6 Å². The van der Waals surface area contributed by atoms with Gasteiger partial charge in [0.25, 0.3) is 5.91 Å². The molecule has 0 bridgehead atoms. The van der Waals surface area contributed by atoms with E-state index >= 15 is 0 Å². The maximum absolute atomic E-state index is 12.1. The van der Waals surface area contributed by atoms with Crippen LogP contribution in [0.5, 0.6) is 0 Å². The van der Waals surface area contributed by atoms with Gasteiger partial charge < -0.3 is 11.1 Å². The number of benzene rings is 1. The number of rotatable bonds is 5. The summed E-state index contributed by atoms with van der Waals surface area (Å²) in [4.78, 5) is 12.1. The third kappa shape index (κ3) is 3.24. The first-order chi connectivity index (χ1) is 9.61. The smallest absolute Gasteiger partial charge is 0.269 e. The number of hydrogen-bond donors (Lipinski definition) is 2. The summed E-state index contributed by atoms with van der Waals surface area (Å²) in [7, 11) is 1.77. The zero-order valence-electron chi connectivity index (χ0n) is 11.8. The number of hydrogen-bond acceptors (Lipinski definition) is 3. The van der Waals surface area contributed by atoms with Gasteiger partial charge in [0.2, 0.25) is 0 Å². The highest BCUT2D eigenvalue weighted by atomic mass is 16.2. The highest BCUT2D eigenvalue weighted by Crippen LogP contribution is 2.09.